The summed E-state index contributed by atoms with van der Waals surface area (Å²) in [5.74, 6) is 0. The van der Waals surface area contributed by atoms with E-state index in [1.165, 1.54) is 5.56 Å². The van der Waals surface area contributed by atoms with E-state index >= 15 is 0 Å². The monoisotopic (exact) mass is 216 g/mol. The van der Waals surface area contributed by atoms with Gasteiger partial charge in [-0.25, -0.2) is 0 Å². The van der Waals surface area contributed by atoms with Crippen molar-refractivity contribution in [2.45, 2.75) is 20.0 Å². The van der Waals surface area contributed by atoms with Crippen LogP contribution in [0.5, 0.6) is 0 Å². The molecule has 0 saturated carbocycles. The number of benzene rings is 1. The molecule has 0 saturated heterocycles. The number of hydrogen-bond acceptors (Lipinski definition) is 2. The summed E-state index contributed by atoms with van der Waals surface area (Å²) in [7, 11) is 1.85. The van der Waals surface area contributed by atoms with Gasteiger partial charge in [0.25, 0.3) is 0 Å². The first kappa shape index (κ1) is 10.9. The van der Waals surface area contributed by atoms with Crippen LogP contribution in [0.4, 0.5) is 0 Å². The Bertz CT molecular complexity index is 500. The first-order chi connectivity index (χ1) is 7.58. The lowest BCUT2D eigenvalue weighted by Gasteiger charge is -2.02. The zero-order valence-corrected chi connectivity index (χ0v) is 9.81. The molecule has 3 nitrogen and oxygen atoms in total. The SMILES string of the molecule is Cc1cccc(-c2cc(C(C)O)n(C)n2)c1. The molecular weight excluding hydrogens is 200 g/mol. The molecule has 0 aliphatic heterocycles. The molecule has 0 radical (unpaired) electrons. The molecule has 1 heterocycles. The number of hydrogen-bond donors (Lipinski definition) is 1. The third-order valence-corrected chi connectivity index (χ3v) is 2.66. The largest absolute Gasteiger partial charge is 0.387 e. The molecule has 0 aliphatic carbocycles. The summed E-state index contributed by atoms with van der Waals surface area (Å²) in [6.45, 7) is 3.80. The summed E-state index contributed by atoms with van der Waals surface area (Å²) in [6, 6.07) is 10.1. The highest BCUT2D eigenvalue weighted by Gasteiger charge is 2.10. The molecule has 0 amide bonds. The van der Waals surface area contributed by atoms with E-state index in [4.69, 9.17) is 0 Å². The Morgan fingerprint density at radius 2 is 2.06 bits per heavy atom. The van der Waals surface area contributed by atoms with Gasteiger partial charge in [0.2, 0.25) is 0 Å². The van der Waals surface area contributed by atoms with Gasteiger partial charge in [0.1, 0.15) is 0 Å². The van der Waals surface area contributed by atoms with Crippen LogP contribution in [0.2, 0.25) is 0 Å². The lowest BCUT2D eigenvalue weighted by molar-refractivity contribution is 0.189. The van der Waals surface area contributed by atoms with E-state index in [0.29, 0.717) is 0 Å². The summed E-state index contributed by atoms with van der Waals surface area (Å²) in [4.78, 5) is 0. The topological polar surface area (TPSA) is 38.0 Å². The fourth-order valence-corrected chi connectivity index (χ4v) is 1.82. The summed E-state index contributed by atoms with van der Waals surface area (Å²) < 4.78 is 1.72. The average molecular weight is 216 g/mol. The van der Waals surface area contributed by atoms with E-state index in [1.807, 2.05) is 25.2 Å². The van der Waals surface area contributed by atoms with Crippen LogP contribution in [0.3, 0.4) is 0 Å². The second-order valence-electron chi connectivity index (χ2n) is 4.12. The first-order valence-electron chi connectivity index (χ1n) is 5.37. The van der Waals surface area contributed by atoms with Crippen molar-refractivity contribution in [3.05, 3.63) is 41.6 Å². The maximum absolute atomic E-state index is 9.56. The molecule has 16 heavy (non-hydrogen) atoms. The van der Waals surface area contributed by atoms with E-state index in [9.17, 15) is 5.11 Å². The fourth-order valence-electron chi connectivity index (χ4n) is 1.82. The van der Waals surface area contributed by atoms with Gasteiger partial charge in [0, 0.05) is 12.6 Å². The highest BCUT2D eigenvalue weighted by Crippen LogP contribution is 2.22. The van der Waals surface area contributed by atoms with Crippen molar-refractivity contribution < 1.29 is 5.11 Å². The number of nitrogens with zero attached hydrogens (tertiary/aromatic N) is 2. The van der Waals surface area contributed by atoms with Gasteiger partial charge in [-0.1, -0.05) is 23.8 Å². The molecule has 1 N–H and O–H groups in total. The maximum atomic E-state index is 9.56. The highest BCUT2D eigenvalue weighted by atomic mass is 16.3. The molecule has 3 heteroatoms. The third kappa shape index (κ3) is 1.99. The van der Waals surface area contributed by atoms with Gasteiger partial charge in [0.15, 0.2) is 0 Å². The second-order valence-corrected chi connectivity index (χ2v) is 4.12. The molecular formula is C13H16N2O. The summed E-state index contributed by atoms with van der Waals surface area (Å²) in [5.41, 5.74) is 4.03. The van der Waals surface area contributed by atoms with Gasteiger partial charge in [-0.05, 0) is 26.0 Å². The highest BCUT2D eigenvalue weighted by molar-refractivity contribution is 5.60. The van der Waals surface area contributed by atoms with Gasteiger partial charge in [-0.2, -0.15) is 5.10 Å². The Labute approximate surface area is 95.3 Å². The first-order valence-corrected chi connectivity index (χ1v) is 5.37. The molecule has 0 spiro atoms. The van der Waals surface area contributed by atoms with Crippen molar-refractivity contribution in [3.8, 4) is 11.3 Å². The van der Waals surface area contributed by atoms with Crippen molar-refractivity contribution in [3.63, 3.8) is 0 Å². The molecule has 1 atom stereocenters. The predicted octanol–water partition coefficient (Wildman–Crippen LogP) is 2.45. The fraction of sp³-hybridized carbons (Fsp3) is 0.308. The van der Waals surface area contributed by atoms with Crippen molar-refractivity contribution in [2.75, 3.05) is 0 Å². The van der Waals surface area contributed by atoms with Crippen molar-refractivity contribution in [1.82, 2.24) is 9.78 Å². The van der Waals surface area contributed by atoms with Crippen LogP contribution in [0.25, 0.3) is 11.3 Å². The Balaban J connectivity index is 2.45. The minimum absolute atomic E-state index is 0.490. The lowest BCUT2D eigenvalue weighted by atomic mass is 10.1. The number of rotatable bonds is 2. The van der Waals surface area contributed by atoms with Crippen molar-refractivity contribution in [1.29, 1.82) is 0 Å². The Kier molecular flexibility index (Phi) is 2.79. The van der Waals surface area contributed by atoms with Gasteiger partial charge >= 0.3 is 0 Å². The van der Waals surface area contributed by atoms with Gasteiger partial charge in [-0.3, -0.25) is 4.68 Å². The smallest absolute Gasteiger partial charge is 0.0928 e. The molecule has 2 rings (SSSR count). The standard InChI is InChI=1S/C13H16N2O/c1-9-5-4-6-11(7-9)12-8-13(10(2)16)15(3)14-12/h4-8,10,16H,1-3H3. The van der Waals surface area contributed by atoms with E-state index in [0.717, 1.165) is 17.0 Å². The number of aromatic nitrogens is 2. The molecule has 0 aliphatic rings. The van der Waals surface area contributed by atoms with E-state index in [-0.39, 0.29) is 0 Å². The second kappa shape index (κ2) is 4.10. The number of aryl methyl sites for hydroxylation is 2. The summed E-state index contributed by atoms with van der Waals surface area (Å²) >= 11 is 0. The Morgan fingerprint density at radius 3 is 2.62 bits per heavy atom. The normalized spacial score (nSPS) is 12.8. The molecule has 1 aromatic carbocycles. The molecule has 0 bridgehead atoms. The van der Waals surface area contributed by atoms with Crippen molar-refractivity contribution >= 4 is 0 Å². The number of aliphatic hydroxyl groups is 1. The van der Waals surface area contributed by atoms with Crippen LogP contribution in [-0.4, -0.2) is 14.9 Å². The maximum Gasteiger partial charge on any atom is 0.0928 e. The lowest BCUT2D eigenvalue weighted by Crippen LogP contribution is -2.01. The molecule has 0 fully saturated rings. The van der Waals surface area contributed by atoms with Crippen LogP contribution >= 0.6 is 0 Å². The van der Waals surface area contributed by atoms with Gasteiger partial charge < -0.3 is 5.11 Å². The van der Waals surface area contributed by atoms with Crippen LogP contribution < -0.4 is 0 Å². The molecule has 1 aromatic heterocycles. The van der Waals surface area contributed by atoms with Crippen LogP contribution in [0.1, 0.15) is 24.3 Å². The zero-order valence-electron chi connectivity index (χ0n) is 9.81. The summed E-state index contributed by atoms with van der Waals surface area (Å²) in [6.07, 6.45) is -0.490. The van der Waals surface area contributed by atoms with Crippen LogP contribution in [0.15, 0.2) is 30.3 Å². The van der Waals surface area contributed by atoms with Crippen LogP contribution in [-0.2, 0) is 7.05 Å². The quantitative estimate of drug-likeness (QED) is 0.837. The van der Waals surface area contributed by atoms with E-state index < -0.39 is 6.10 Å². The predicted molar refractivity (Wildman–Crippen MR) is 64.0 cm³/mol. The molecule has 2 aromatic rings. The van der Waals surface area contributed by atoms with Crippen molar-refractivity contribution in [2.24, 2.45) is 7.05 Å². The Hall–Kier alpha value is -1.61. The Morgan fingerprint density at radius 1 is 1.31 bits per heavy atom. The number of aliphatic hydroxyl groups excluding tert-OH is 1. The summed E-state index contributed by atoms with van der Waals surface area (Å²) in [5, 5.41) is 14.0. The minimum atomic E-state index is -0.490. The molecule has 84 valence electrons. The van der Waals surface area contributed by atoms with Gasteiger partial charge in [0.05, 0.1) is 17.5 Å². The van der Waals surface area contributed by atoms with E-state index in [2.05, 4.69) is 24.2 Å². The zero-order chi connectivity index (χ0) is 11.7. The third-order valence-electron chi connectivity index (χ3n) is 2.66. The minimum Gasteiger partial charge on any atom is -0.387 e. The molecule has 1 unspecified atom stereocenters. The van der Waals surface area contributed by atoms with Gasteiger partial charge in [-0.15, -0.1) is 0 Å². The van der Waals surface area contributed by atoms with E-state index in [1.54, 1.807) is 11.6 Å². The van der Waals surface area contributed by atoms with Crippen LogP contribution in [0, 0.1) is 6.92 Å². The average Bonchev–Trinajstić information content (AvgIpc) is 2.60.